The number of rotatable bonds is 6. The van der Waals surface area contributed by atoms with Crippen LogP contribution in [0.25, 0.3) is 0 Å². The van der Waals surface area contributed by atoms with Crippen LogP contribution in [0.2, 0.25) is 0 Å². The Kier molecular flexibility index (Phi) is 5.92. The smallest absolute Gasteiger partial charge is 0.418 e. The Balaban J connectivity index is 4.21. The van der Waals surface area contributed by atoms with Crippen molar-refractivity contribution in [2.75, 3.05) is 0 Å². The molecule has 0 amide bonds. The maximum Gasteiger partial charge on any atom is 0.418 e. The minimum atomic E-state index is -0.846. The van der Waals surface area contributed by atoms with Gasteiger partial charge in [0.15, 0.2) is 0 Å². The van der Waals surface area contributed by atoms with Crippen molar-refractivity contribution in [1.29, 1.82) is 0 Å². The van der Waals surface area contributed by atoms with E-state index in [1.165, 1.54) is 6.47 Å². The first-order valence-electron chi connectivity index (χ1n) is 4.76. The highest BCUT2D eigenvalue weighted by atomic mass is 16.6. The van der Waals surface area contributed by atoms with Crippen molar-refractivity contribution < 1.29 is 19.1 Å². The van der Waals surface area contributed by atoms with Crippen LogP contribution in [0.3, 0.4) is 0 Å². The molecule has 0 aromatic rings. The fourth-order valence-electron chi connectivity index (χ4n) is 0.857. The van der Waals surface area contributed by atoms with Gasteiger partial charge in [-0.3, -0.25) is 0 Å². The highest BCUT2D eigenvalue weighted by Gasteiger charge is 2.26. The molecule has 0 bridgehead atoms. The van der Waals surface area contributed by atoms with Gasteiger partial charge in [-0.1, -0.05) is 20.8 Å². The summed E-state index contributed by atoms with van der Waals surface area (Å²) in [5.41, 5.74) is 0. The first kappa shape index (κ1) is 12.9. The van der Waals surface area contributed by atoms with Crippen LogP contribution in [-0.2, 0) is 19.1 Å². The fraction of sp³-hybridized carbons (Fsp3) is 0.800. The zero-order valence-corrected chi connectivity index (χ0v) is 9.07. The zero-order chi connectivity index (χ0) is 11.1. The van der Waals surface area contributed by atoms with Gasteiger partial charge in [0.05, 0.1) is 6.10 Å². The van der Waals surface area contributed by atoms with Crippen molar-refractivity contribution >= 4 is 12.4 Å². The lowest BCUT2D eigenvalue weighted by molar-refractivity contribution is -0.159. The zero-order valence-electron chi connectivity index (χ0n) is 9.07. The second-order valence-electron chi connectivity index (χ2n) is 3.52. The van der Waals surface area contributed by atoms with Crippen molar-refractivity contribution in [1.82, 2.24) is 0 Å². The Bertz CT molecular complexity index is 189. The van der Waals surface area contributed by atoms with Gasteiger partial charge in [0.1, 0.15) is 0 Å². The molecular formula is C10H17O4. The fourth-order valence-corrected chi connectivity index (χ4v) is 0.857. The third-order valence-corrected chi connectivity index (χ3v) is 1.91. The first-order valence-corrected chi connectivity index (χ1v) is 4.76. The van der Waals surface area contributed by atoms with Crippen LogP contribution >= 0.6 is 0 Å². The molecule has 0 spiro atoms. The second-order valence-corrected chi connectivity index (χ2v) is 3.52. The van der Waals surface area contributed by atoms with Gasteiger partial charge < -0.3 is 9.47 Å². The van der Waals surface area contributed by atoms with Crippen molar-refractivity contribution in [3.05, 3.63) is 0 Å². The third kappa shape index (κ3) is 4.25. The van der Waals surface area contributed by atoms with Gasteiger partial charge in [0, 0.05) is 5.92 Å². The number of ether oxygens (including phenoxy) is 2. The number of hydrogen-bond acceptors (Lipinski definition) is 4. The van der Waals surface area contributed by atoms with Gasteiger partial charge in [-0.15, -0.1) is 0 Å². The molecule has 0 aliphatic carbocycles. The van der Waals surface area contributed by atoms with Crippen LogP contribution in [0.4, 0.5) is 0 Å². The van der Waals surface area contributed by atoms with E-state index < -0.39 is 12.1 Å². The summed E-state index contributed by atoms with van der Waals surface area (Å²) < 4.78 is 9.56. The van der Waals surface area contributed by atoms with Crippen molar-refractivity contribution in [3.8, 4) is 0 Å². The molecule has 14 heavy (non-hydrogen) atoms. The molecule has 0 fully saturated rings. The highest BCUT2D eigenvalue weighted by Crippen LogP contribution is 2.09. The Morgan fingerprint density at radius 1 is 1.36 bits per heavy atom. The quantitative estimate of drug-likeness (QED) is 0.610. The normalized spacial score (nSPS) is 14.6. The standard InChI is InChI=1S/C10H17O4/c1-5-8(4)14-10(12)9(7(2)3)13-6-11/h7-9H,5H2,1-4H3. The minimum Gasteiger partial charge on any atom is -0.460 e. The summed E-state index contributed by atoms with van der Waals surface area (Å²) in [6.45, 7) is 8.53. The molecule has 0 aromatic carbocycles. The molecule has 0 saturated carbocycles. The lowest BCUT2D eigenvalue weighted by Gasteiger charge is -2.19. The molecule has 2 unspecified atom stereocenters. The monoisotopic (exact) mass is 201 g/mol. The molecule has 0 N–H and O–H groups in total. The average Bonchev–Trinajstić information content (AvgIpc) is 2.13. The largest absolute Gasteiger partial charge is 0.460 e. The first-order chi connectivity index (χ1) is 6.52. The second kappa shape index (κ2) is 6.40. The molecule has 0 aromatic heterocycles. The number of esters is 1. The van der Waals surface area contributed by atoms with Gasteiger partial charge in [-0.2, -0.15) is 0 Å². The molecule has 0 aliphatic rings. The highest BCUT2D eigenvalue weighted by molar-refractivity contribution is 5.76. The van der Waals surface area contributed by atoms with Gasteiger partial charge in [0.2, 0.25) is 6.10 Å². The summed E-state index contributed by atoms with van der Waals surface area (Å²) in [6.07, 6.45) is -0.262. The summed E-state index contributed by atoms with van der Waals surface area (Å²) in [5.74, 6) is -0.606. The van der Waals surface area contributed by atoms with E-state index in [0.29, 0.717) is 0 Å². The molecule has 0 heterocycles. The van der Waals surface area contributed by atoms with E-state index in [0.717, 1.165) is 6.42 Å². The molecule has 0 aliphatic heterocycles. The average molecular weight is 201 g/mol. The van der Waals surface area contributed by atoms with Crippen LogP contribution in [0.15, 0.2) is 0 Å². The number of carbonyl (C=O) groups excluding carboxylic acids is 2. The lowest BCUT2D eigenvalue weighted by atomic mass is 10.1. The van der Waals surface area contributed by atoms with Crippen molar-refractivity contribution in [2.24, 2.45) is 5.92 Å². The van der Waals surface area contributed by atoms with Crippen LogP contribution < -0.4 is 0 Å². The van der Waals surface area contributed by atoms with Gasteiger partial charge >= 0.3 is 12.4 Å². The summed E-state index contributed by atoms with van der Waals surface area (Å²) >= 11 is 0. The van der Waals surface area contributed by atoms with Crippen LogP contribution in [0.1, 0.15) is 34.1 Å². The van der Waals surface area contributed by atoms with Crippen molar-refractivity contribution in [3.63, 3.8) is 0 Å². The summed E-state index contributed by atoms with van der Waals surface area (Å²) in [5, 5.41) is 0. The maximum absolute atomic E-state index is 11.4. The van der Waals surface area contributed by atoms with Crippen LogP contribution in [0.5, 0.6) is 0 Å². The van der Waals surface area contributed by atoms with E-state index in [1.807, 2.05) is 6.92 Å². The van der Waals surface area contributed by atoms with E-state index in [2.05, 4.69) is 4.74 Å². The molecule has 0 rings (SSSR count). The summed E-state index contributed by atoms with van der Waals surface area (Å²) in [6, 6.07) is 0. The summed E-state index contributed by atoms with van der Waals surface area (Å²) in [4.78, 5) is 21.4. The third-order valence-electron chi connectivity index (χ3n) is 1.91. The molecule has 2 atom stereocenters. The Labute approximate surface area is 84.6 Å². The Morgan fingerprint density at radius 2 is 1.93 bits per heavy atom. The van der Waals surface area contributed by atoms with Gasteiger partial charge in [-0.25, -0.2) is 9.59 Å². The molecule has 1 radical (unpaired) electrons. The molecule has 0 saturated heterocycles. The Morgan fingerprint density at radius 3 is 2.29 bits per heavy atom. The predicted molar refractivity (Wildman–Crippen MR) is 51.2 cm³/mol. The van der Waals surface area contributed by atoms with Crippen LogP contribution in [-0.4, -0.2) is 24.6 Å². The minimum absolute atomic E-state index is 0.104. The number of hydrogen-bond donors (Lipinski definition) is 0. The van der Waals surface area contributed by atoms with E-state index in [4.69, 9.17) is 4.74 Å². The SMILES string of the molecule is CCC(C)OC(=O)C(O[C]=O)C(C)C. The van der Waals surface area contributed by atoms with Crippen LogP contribution in [0, 0.1) is 5.92 Å². The maximum atomic E-state index is 11.4. The van der Waals surface area contributed by atoms with E-state index in [1.54, 1.807) is 20.8 Å². The lowest BCUT2D eigenvalue weighted by Crippen LogP contribution is -2.33. The molecule has 4 heteroatoms. The van der Waals surface area contributed by atoms with Gasteiger partial charge in [-0.05, 0) is 13.3 Å². The van der Waals surface area contributed by atoms with Crippen molar-refractivity contribution in [2.45, 2.75) is 46.3 Å². The Hall–Kier alpha value is -1.06. The molecule has 4 nitrogen and oxygen atoms in total. The summed E-state index contributed by atoms with van der Waals surface area (Å²) in [7, 11) is 0. The number of carbonyl (C=O) groups is 1. The van der Waals surface area contributed by atoms with Gasteiger partial charge in [0.25, 0.3) is 0 Å². The predicted octanol–water partition coefficient (Wildman–Crippen LogP) is 1.44. The van der Waals surface area contributed by atoms with E-state index in [9.17, 15) is 9.59 Å². The molecule has 81 valence electrons. The topological polar surface area (TPSA) is 52.6 Å². The van der Waals surface area contributed by atoms with E-state index >= 15 is 0 Å². The van der Waals surface area contributed by atoms with E-state index in [-0.39, 0.29) is 12.0 Å². The molecular weight excluding hydrogens is 184 g/mol.